The lowest BCUT2D eigenvalue weighted by Gasteiger charge is -2.30. The summed E-state index contributed by atoms with van der Waals surface area (Å²) in [6.07, 6.45) is 0. The van der Waals surface area contributed by atoms with Crippen molar-refractivity contribution in [2.45, 2.75) is 4.90 Å². The van der Waals surface area contributed by atoms with Crippen molar-refractivity contribution < 1.29 is 13.0 Å². The Bertz CT molecular complexity index is 467. The van der Waals surface area contributed by atoms with Gasteiger partial charge in [0.25, 0.3) is 10.1 Å². The number of hydrogen-bond acceptors (Lipinski definition) is 4. The minimum atomic E-state index is -4.14. The second-order valence-electron chi connectivity index (χ2n) is 3.68. The first kappa shape index (κ1) is 11.4. The van der Waals surface area contributed by atoms with Gasteiger partial charge in [0, 0.05) is 26.2 Å². The van der Waals surface area contributed by atoms with Gasteiger partial charge in [0.2, 0.25) is 0 Å². The predicted molar refractivity (Wildman–Crippen MR) is 61.3 cm³/mol. The van der Waals surface area contributed by atoms with Crippen molar-refractivity contribution in [2.24, 2.45) is 0 Å². The van der Waals surface area contributed by atoms with Crippen LogP contribution in [-0.4, -0.2) is 39.1 Å². The molecule has 0 amide bonds. The number of anilines is 1. The summed E-state index contributed by atoms with van der Waals surface area (Å²) in [6, 6.07) is 6.52. The molecule has 0 unspecified atom stereocenters. The highest BCUT2D eigenvalue weighted by molar-refractivity contribution is 7.86. The highest BCUT2D eigenvalue weighted by Gasteiger charge is 2.20. The highest BCUT2D eigenvalue weighted by atomic mass is 32.2. The van der Waals surface area contributed by atoms with E-state index in [4.69, 9.17) is 4.55 Å². The monoisotopic (exact) mass is 242 g/mol. The minimum absolute atomic E-state index is 0.0168. The van der Waals surface area contributed by atoms with E-state index in [0.717, 1.165) is 26.2 Å². The van der Waals surface area contributed by atoms with Gasteiger partial charge in [-0.15, -0.1) is 0 Å². The first-order valence-corrected chi connectivity index (χ1v) is 6.55. The van der Waals surface area contributed by atoms with E-state index < -0.39 is 10.1 Å². The Morgan fingerprint density at radius 1 is 1.19 bits per heavy atom. The molecule has 0 bridgehead atoms. The van der Waals surface area contributed by atoms with Gasteiger partial charge in [0.05, 0.1) is 5.69 Å². The average Bonchev–Trinajstić information content (AvgIpc) is 2.29. The van der Waals surface area contributed by atoms with Gasteiger partial charge in [0.1, 0.15) is 4.90 Å². The molecule has 88 valence electrons. The maximum atomic E-state index is 11.2. The predicted octanol–water partition coefficient (Wildman–Crippen LogP) is 0.343. The molecule has 1 aliphatic heterocycles. The summed E-state index contributed by atoms with van der Waals surface area (Å²) in [5.74, 6) is 0. The average molecular weight is 242 g/mol. The Balaban J connectivity index is 2.40. The summed E-state index contributed by atoms with van der Waals surface area (Å²) in [4.78, 5) is 1.94. The van der Waals surface area contributed by atoms with E-state index in [1.165, 1.54) is 6.07 Å². The molecular formula is C10H14N2O3S. The second kappa shape index (κ2) is 4.40. The summed E-state index contributed by atoms with van der Waals surface area (Å²) < 4.78 is 31.5. The molecule has 1 aromatic carbocycles. The van der Waals surface area contributed by atoms with Gasteiger partial charge in [-0.3, -0.25) is 4.55 Å². The Morgan fingerprint density at radius 2 is 1.81 bits per heavy atom. The van der Waals surface area contributed by atoms with Crippen molar-refractivity contribution in [3.05, 3.63) is 24.3 Å². The third kappa shape index (κ3) is 2.34. The van der Waals surface area contributed by atoms with Crippen LogP contribution in [0.3, 0.4) is 0 Å². The van der Waals surface area contributed by atoms with E-state index in [9.17, 15) is 8.42 Å². The number of nitrogens with one attached hydrogen (secondary N) is 1. The van der Waals surface area contributed by atoms with Gasteiger partial charge < -0.3 is 10.2 Å². The zero-order chi connectivity index (χ0) is 11.6. The Labute approximate surface area is 94.8 Å². The molecule has 1 saturated heterocycles. The molecule has 0 aliphatic carbocycles. The van der Waals surface area contributed by atoms with Gasteiger partial charge in [-0.05, 0) is 12.1 Å². The van der Waals surface area contributed by atoms with Crippen LogP contribution in [0.15, 0.2) is 29.2 Å². The van der Waals surface area contributed by atoms with Crippen molar-refractivity contribution >= 4 is 15.8 Å². The van der Waals surface area contributed by atoms with Gasteiger partial charge >= 0.3 is 0 Å². The maximum absolute atomic E-state index is 11.2. The zero-order valence-electron chi connectivity index (χ0n) is 8.76. The second-order valence-corrected chi connectivity index (χ2v) is 5.07. The molecule has 0 radical (unpaired) electrons. The van der Waals surface area contributed by atoms with Crippen LogP contribution in [0.25, 0.3) is 0 Å². The Hall–Kier alpha value is -1.11. The van der Waals surface area contributed by atoms with Crippen LogP contribution in [0.1, 0.15) is 0 Å². The molecule has 6 heteroatoms. The molecule has 2 rings (SSSR count). The standard InChI is InChI=1S/C10H14N2O3S/c13-16(14,15)10-4-2-1-3-9(10)12-7-5-11-6-8-12/h1-4,11H,5-8H2,(H,13,14,15). The zero-order valence-corrected chi connectivity index (χ0v) is 9.57. The van der Waals surface area contributed by atoms with E-state index in [-0.39, 0.29) is 4.90 Å². The number of para-hydroxylation sites is 1. The first-order valence-electron chi connectivity index (χ1n) is 5.11. The van der Waals surface area contributed by atoms with Gasteiger partial charge in [-0.25, -0.2) is 0 Å². The van der Waals surface area contributed by atoms with Crippen LogP contribution in [0.5, 0.6) is 0 Å². The van der Waals surface area contributed by atoms with Crippen LogP contribution in [0.4, 0.5) is 5.69 Å². The Kier molecular flexibility index (Phi) is 3.13. The molecule has 0 saturated carbocycles. The fraction of sp³-hybridized carbons (Fsp3) is 0.400. The number of benzene rings is 1. The summed E-state index contributed by atoms with van der Waals surface area (Å²) >= 11 is 0. The fourth-order valence-corrected chi connectivity index (χ4v) is 2.55. The van der Waals surface area contributed by atoms with Gasteiger partial charge in [-0.1, -0.05) is 12.1 Å². The highest BCUT2D eigenvalue weighted by Crippen LogP contribution is 2.24. The van der Waals surface area contributed by atoms with Crippen molar-refractivity contribution in [2.75, 3.05) is 31.1 Å². The van der Waals surface area contributed by atoms with Crippen molar-refractivity contribution in [1.29, 1.82) is 0 Å². The molecule has 1 fully saturated rings. The summed E-state index contributed by atoms with van der Waals surface area (Å²) in [5.41, 5.74) is 0.575. The van der Waals surface area contributed by atoms with Crippen LogP contribution < -0.4 is 10.2 Å². The number of hydrogen-bond donors (Lipinski definition) is 2. The van der Waals surface area contributed by atoms with E-state index >= 15 is 0 Å². The number of piperazine rings is 1. The fourth-order valence-electron chi connectivity index (χ4n) is 1.84. The van der Waals surface area contributed by atoms with Crippen LogP contribution in [0.2, 0.25) is 0 Å². The molecule has 5 nitrogen and oxygen atoms in total. The van der Waals surface area contributed by atoms with Crippen LogP contribution in [-0.2, 0) is 10.1 Å². The number of nitrogens with zero attached hydrogens (tertiary/aromatic N) is 1. The van der Waals surface area contributed by atoms with Crippen molar-refractivity contribution in [1.82, 2.24) is 5.32 Å². The molecule has 1 heterocycles. The van der Waals surface area contributed by atoms with Gasteiger partial charge in [-0.2, -0.15) is 8.42 Å². The van der Waals surface area contributed by atoms with E-state index in [1.807, 2.05) is 4.90 Å². The third-order valence-electron chi connectivity index (χ3n) is 2.60. The Morgan fingerprint density at radius 3 is 2.44 bits per heavy atom. The molecule has 0 spiro atoms. The van der Waals surface area contributed by atoms with E-state index in [2.05, 4.69) is 5.32 Å². The number of rotatable bonds is 2. The van der Waals surface area contributed by atoms with Crippen LogP contribution in [0, 0.1) is 0 Å². The van der Waals surface area contributed by atoms with Gasteiger partial charge in [0.15, 0.2) is 0 Å². The molecule has 0 aromatic heterocycles. The molecular weight excluding hydrogens is 228 g/mol. The largest absolute Gasteiger partial charge is 0.368 e. The topological polar surface area (TPSA) is 69.6 Å². The summed E-state index contributed by atoms with van der Waals surface area (Å²) in [5, 5.41) is 3.19. The smallest absolute Gasteiger partial charge is 0.296 e. The lowest BCUT2D eigenvalue weighted by molar-refractivity contribution is 0.482. The third-order valence-corrected chi connectivity index (χ3v) is 3.50. The lowest BCUT2D eigenvalue weighted by atomic mass is 10.2. The molecule has 0 atom stereocenters. The molecule has 1 aliphatic rings. The SMILES string of the molecule is O=S(=O)(O)c1ccccc1N1CCNCC1. The van der Waals surface area contributed by atoms with Crippen molar-refractivity contribution in [3.63, 3.8) is 0 Å². The normalized spacial score (nSPS) is 17.4. The van der Waals surface area contributed by atoms with Crippen LogP contribution >= 0.6 is 0 Å². The molecule has 16 heavy (non-hydrogen) atoms. The van der Waals surface area contributed by atoms with E-state index in [1.54, 1.807) is 18.2 Å². The van der Waals surface area contributed by atoms with E-state index in [0.29, 0.717) is 5.69 Å². The summed E-state index contributed by atoms with van der Waals surface area (Å²) in [6.45, 7) is 3.12. The summed E-state index contributed by atoms with van der Waals surface area (Å²) in [7, 11) is -4.14. The maximum Gasteiger partial charge on any atom is 0.296 e. The lowest BCUT2D eigenvalue weighted by Crippen LogP contribution is -2.44. The minimum Gasteiger partial charge on any atom is -0.368 e. The first-order chi connectivity index (χ1) is 7.59. The quantitative estimate of drug-likeness (QED) is 0.732. The molecule has 1 aromatic rings. The molecule has 2 N–H and O–H groups in total. The van der Waals surface area contributed by atoms with Crippen molar-refractivity contribution in [3.8, 4) is 0 Å².